The lowest BCUT2D eigenvalue weighted by atomic mass is 10.0. The van der Waals surface area contributed by atoms with Crippen molar-refractivity contribution in [1.29, 1.82) is 5.26 Å². The van der Waals surface area contributed by atoms with Crippen molar-refractivity contribution >= 4 is 22.8 Å². The fraction of sp³-hybridized carbons (Fsp3) is 0.240. The van der Waals surface area contributed by atoms with Crippen molar-refractivity contribution in [2.24, 2.45) is 0 Å². The highest BCUT2D eigenvalue weighted by molar-refractivity contribution is 6.33. The summed E-state index contributed by atoms with van der Waals surface area (Å²) in [5.74, 6) is 0. The average Bonchev–Trinajstić information content (AvgIpc) is 3.56. The number of pyridine rings is 1. The molecule has 2 aromatic heterocycles. The molecule has 1 N–H and O–H groups in total. The SMILES string of the molecule is N#Cc1cccc(-c2ccc(-c3nc4nc(OC5CO[C@@H]6CCO[C@H]56)[nH]c4cc3Cl)cc2)c1. The zero-order valence-electron chi connectivity index (χ0n) is 17.5. The van der Waals surface area contributed by atoms with E-state index in [4.69, 9.17) is 31.1 Å². The molecule has 2 aliphatic heterocycles. The van der Waals surface area contributed by atoms with E-state index in [1.807, 2.05) is 48.5 Å². The zero-order valence-corrected chi connectivity index (χ0v) is 18.2. The molecular formula is C25H19ClN4O3. The van der Waals surface area contributed by atoms with Crippen LogP contribution in [0.15, 0.2) is 54.6 Å². The molecule has 0 spiro atoms. The van der Waals surface area contributed by atoms with Gasteiger partial charge in [0.25, 0.3) is 6.01 Å². The quantitative estimate of drug-likeness (QED) is 0.474. The fourth-order valence-corrected chi connectivity index (χ4v) is 4.68. The molecule has 3 atom stereocenters. The van der Waals surface area contributed by atoms with Gasteiger partial charge in [-0.05, 0) is 35.7 Å². The lowest BCUT2D eigenvalue weighted by molar-refractivity contribution is 0.0273. The summed E-state index contributed by atoms with van der Waals surface area (Å²) in [5.41, 5.74) is 5.36. The lowest BCUT2D eigenvalue weighted by Gasteiger charge is -2.15. The first kappa shape index (κ1) is 20.2. The van der Waals surface area contributed by atoms with Crippen LogP contribution in [-0.4, -0.2) is 46.5 Å². The largest absolute Gasteiger partial charge is 0.456 e. The number of nitrogens with one attached hydrogen (secondary N) is 1. The van der Waals surface area contributed by atoms with Gasteiger partial charge in [-0.2, -0.15) is 10.2 Å². The van der Waals surface area contributed by atoms with E-state index in [9.17, 15) is 0 Å². The molecule has 6 rings (SSSR count). The summed E-state index contributed by atoms with van der Waals surface area (Å²) in [6.45, 7) is 1.17. The van der Waals surface area contributed by atoms with E-state index in [0.29, 0.717) is 46.7 Å². The minimum Gasteiger partial charge on any atom is -0.456 e. The lowest BCUT2D eigenvalue weighted by Crippen LogP contribution is -2.32. The Morgan fingerprint density at radius 2 is 1.88 bits per heavy atom. The van der Waals surface area contributed by atoms with Gasteiger partial charge in [-0.1, -0.05) is 48.0 Å². The highest BCUT2D eigenvalue weighted by Crippen LogP contribution is 2.33. The third-order valence-electron chi connectivity index (χ3n) is 6.07. The van der Waals surface area contributed by atoms with E-state index < -0.39 is 0 Å². The minimum absolute atomic E-state index is 0.0577. The van der Waals surface area contributed by atoms with Gasteiger partial charge in [0.2, 0.25) is 0 Å². The normalized spacial score (nSPS) is 21.8. The zero-order chi connectivity index (χ0) is 22.4. The van der Waals surface area contributed by atoms with Crippen LogP contribution >= 0.6 is 11.6 Å². The first-order chi connectivity index (χ1) is 16.2. The molecule has 1 unspecified atom stereocenters. The van der Waals surface area contributed by atoms with E-state index in [1.165, 1.54) is 0 Å². The highest BCUT2D eigenvalue weighted by Gasteiger charge is 2.43. The number of imidazole rings is 1. The van der Waals surface area contributed by atoms with Crippen LogP contribution in [0.25, 0.3) is 33.5 Å². The predicted octanol–water partition coefficient (Wildman–Crippen LogP) is 4.75. The molecule has 0 amide bonds. The number of aromatic nitrogens is 3. The van der Waals surface area contributed by atoms with E-state index in [-0.39, 0.29) is 18.3 Å². The fourth-order valence-electron chi connectivity index (χ4n) is 4.42. The Morgan fingerprint density at radius 1 is 1.03 bits per heavy atom. The number of fused-ring (bicyclic) bond motifs is 2. The van der Waals surface area contributed by atoms with Crippen molar-refractivity contribution in [3.8, 4) is 34.5 Å². The van der Waals surface area contributed by atoms with Crippen LogP contribution in [0.1, 0.15) is 12.0 Å². The van der Waals surface area contributed by atoms with Gasteiger partial charge in [0.15, 0.2) is 11.8 Å². The number of ether oxygens (including phenoxy) is 3. The van der Waals surface area contributed by atoms with E-state index in [1.54, 1.807) is 6.07 Å². The summed E-state index contributed by atoms with van der Waals surface area (Å²) in [5, 5.41) is 9.65. The summed E-state index contributed by atoms with van der Waals surface area (Å²) in [6.07, 6.45) is 0.745. The Bertz CT molecular complexity index is 1380. The van der Waals surface area contributed by atoms with Crippen molar-refractivity contribution in [3.05, 3.63) is 65.2 Å². The van der Waals surface area contributed by atoms with Crippen LogP contribution in [0.5, 0.6) is 6.01 Å². The van der Waals surface area contributed by atoms with Gasteiger partial charge in [-0.15, -0.1) is 0 Å². The molecule has 33 heavy (non-hydrogen) atoms. The third kappa shape index (κ3) is 3.72. The second kappa shape index (κ2) is 8.16. The number of nitriles is 1. The molecule has 2 aliphatic rings. The van der Waals surface area contributed by atoms with Gasteiger partial charge in [0, 0.05) is 12.2 Å². The molecule has 2 saturated heterocycles. The van der Waals surface area contributed by atoms with Crippen molar-refractivity contribution in [2.45, 2.75) is 24.7 Å². The number of hydrogen-bond acceptors (Lipinski definition) is 6. The molecule has 164 valence electrons. The van der Waals surface area contributed by atoms with E-state index in [2.05, 4.69) is 21.0 Å². The Kier molecular flexibility index (Phi) is 4.99. The smallest absolute Gasteiger partial charge is 0.296 e. The van der Waals surface area contributed by atoms with Gasteiger partial charge in [0.05, 0.1) is 40.6 Å². The number of rotatable bonds is 4. The van der Waals surface area contributed by atoms with Crippen LogP contribution in [0.4, 0.5) is 0 Å². The monoisotopic (exact) mass is 458 g/mol. The average molecular weight is 459 g/mol. The molecule has 4 aromatic rings. The van der Waals surface area contributed by atoms with Crippen LogP contribution in [0.2, 0.25) is 5.02 Å². The molecule has 0 aliphatic carbocycles. The number of halogens is 1. The van der Waals surface area contributed by atoms with Crippen LogP contribution in [0.3, 0.4) is 0 Å². The molecule has 0 saturated carbocycles. The van der Waals surface area contributed by atoms with Crippen molar-refractivity contribution in [3.63, 3.8) is 0 Å². The first-order valence-corrected chi connectivity index (χ1v) is 11.1. The van der Waals surface area contributed by atoms with Gasteiger partial charge >= 0.3 is 0 Å². The molecule has 4 heterocycles. The molecular weight excluding hydrogens is 440 g/mol. The Balaban J connectivity index is 1.27. The summed E-state index contributed by atoms with van der Waals surface area (Å²) in [4.78, 5) is 12.3. The maximum atomic E-state index is 9.14. The number of H-pyrrole nitrogens is 1. The van der Waals surface area contributed by atoms with Crippen LogP contribution in [0, 0.1) is 11.3 Å². The highest BCUT2D eigenvalue weighted by atomic mass is 35.5. The van der Waals surface area contributed by atoms with Crippen molar-refractivity contribution in [2.75, 3.05) is 13.2 Å². The number of aromatic amines is 1. The van der Waals surface area contributed by atoms with Crippen LogP contribution in [-0.2, 0) is 9.47 Å². The first-order valence-electron chi connectivity index (χ1n) is 10.7. The number of hydrogen-bond donors (Lipinski definition) is 1. The maximum Gasteiger partial charge on any atom is 0.296 e. The Hall–Kier alpha value is -3.44. The van der Waals surface area contributed by atoms with E-state index >= 15 is 0 Å². The summed E-state index contributed by atoms with van der Waals surface area (Å²) in [6, 6.07) is 19.8. The molecule has 0 radical (unpaired) electrons. The van der Waals surface area contributed by atoms with Crippen molar-refractivity contribution in [1.82, 2.24) is 15.0 Å². The Labute approximate surface area is 194 Å². The maximum absolute atomic E-state index is 9.14. The topological polar surface area (TPSA) is 93.1 Å². The van der Waals surface area contributed by atoms with E-state index in [0.717, 1.165) is 23.1 Å². The molecule has 7 nitrogen and oxygen atoms in total. The number of nitrogens with zero attached hydrogens (tertiary/aromatic N) is 3. The predicted molar refractivity (Wildman–Crippen MR) is 123 cm³/mol. The standard InChI is InChI=1S/C25H19ClN4O3/c26-18-11-19-24(30-25(28-19)33-21-13-32-20-8-9-31-23(20)21)29-22(18)16-6-4-15(5-7-16)17-3-1-2-14(10-17)12-27/h1-7,10-11,20-21,23H,8-9,13H2,(H,28,29,30)/t20-,21?,23+/m1/s1. The Morgan fingerprint density at radius 3 is 2.73 bits per heavy atom. The molecule has 8 heteroatoms. The molecule has 2 fully saturated rings. The molecule has 0 bridgehead atoms. The summed E-state index contributed by atoms with van der Waals surface area (Å²) < 4.78 is 17.5. The summed E-state index contributed by atoms with van der Waals surface area (Å²) >= 11 is 6.56. The number of benzene rings is 2. The van der Waals surface area contributed by atoms with Gasteiger partial charge < -0.3 is 19.2 Å². The third-order valence-corrected chi connectivity index (χ3v) is 6.36. The van der Waals surface area contributed by atoms with Crippen molar-refractivity contribution < 1.29 is 14.2 Å². The van der Waals surface area contributed by atoms with Gasteiger partial charge in [-0.3, -0.25) is 0 Å². The second-order valence-electron chi connectivity index (χ2n) is 8.15. The van der Waals surface area contributed by atoms with Gasteiger partial charge in [-0.25, -0.2) is 4.98 Å². The van der Waals surface area contributed by atoms with Gasteiger partial charge in [0.1, 0.15) is 6.10 Å². The summed E-state index contributed by atoms with van der Waals surface area (Å²) in [7, 11) is 0. The molecule has 2 aromatic carbocycles. The minimum atomic E-state index is -0.194. The van der Waals surface area contributed by atoms with Crippen LogP contribution < -0.4 is 4.74 Å². The second-order valence-corrected chi connectivity index (χ2v) is 8.56.